The Morgan fingerprint density at radius 1 is 1.53 bits per heavy atom. The predicted molar refractivity (Wildman–Crippen MR) is 59.3 cm³/mol. The van der Waals surface area contributed by atoms with Crippen molar-refractivity contribution in [1.82, 2.24) is 4.90 Å². The molecule has 1 heterocycles. The summed E-state index contributed by atoms with van der Waals surface area (Å²) in [6, 6.07) is 2.16. The SMILES string of the molecule is CC(=O)C1CCCN(CCCCC#N)C1. The van der Waals surface area contributed by atoms with Crippen molar-refractivity contribution in [3.8, 4) is 6.07 Å². The second kappa shape index (κ2) is 6.58. The van der Waals surface area contributed by atoms with Crippen molar-refractivity contribution < 1.29 is 4.79 Å². The van der Waals surface area contributed by atoms with E-state index in [1.807, 2.05) is 0 Å². The van der Waals surface area contributed by atoms with Crippen molar-refractivity contribution in [3.63, 3.8) is 0 Å². The van der Waals surface area contributed by atoms with Crippen LogP contribution in [0.4, 0.5) is 0 Å². The van der Waals surface area contributed by atoms with Crippen molar-refractivity contribution in [1.29, 1.82) is 5.26 Å². The van der Waals surface area contributed by atoms with Crippen LogP contribution < -0.4 is 0 Å². The van der Waals surface area contributed by atoms with Gasteiger partial charge in [0.2, 0.25) is 0 Å². The Balaban J connectivity index is 2.19. The minimum Gasteiger partial charge on any atom is -0.303 e. The summed E-state index contributed by atoms with van der Waals surface area (Å²) in [6.07, 6.45) is 4.92. The highest BCUT2D eigenvalue weighted by molar-refractivity contribution is 5.78. The lowest BCUT2D eigenvalue weighted by Gasteiger charge is -2.31. The lowest BCUT2D eigenvalue weighted by Crippen LogP contribution is -2.38. The molecule has 1 atom stereocenters. The van der Waals surface area contributed by atoms with E-state index in [2.05, 4.69) is 11.0 Å². The Morgan fingerprint density at radius 3 is 3.00 bits per heavy atom. The van der Waals surface area contributed by atoms with E-state index < -0.39 is 0 Å². The number of carbonyl (C=O) groups is 1. The fourth-order valence-electron chi connectivity index (χ4n) is 2.13. The third kappa shape index (κ3) is 4.44. The standard InChI is InChI=1S/C12H20N2O/c1-11(15)12-6-5-9-14(10-12)8-4-2-3-7-13/h12H,2-6,8-10H2,1H3. The Kier molecular flexibility index (Phi) is 5.34. The molecule has 0 N–H and O–H groups in total. The average molecular weight is 208 g/mol. The second-order valence-corrected chi connectivity index (χ2v) is 4.37. The van der Waals surface area contributed by atoms with Crippen LogP contribution in [0.2, 0.25) is 0 Å². The smallest absolute Gasteiger partial charge is 0.134 e. The molecule has 0 aromatic carbocycles. The van der Waals surface area contributed by atoms with Gasteiger partial charge in [-0.2, -0.15) is 5.26 Å². The molecule has 0 spiro atoms. The number of ketones is 1. The molecule has 3 nitrogen and oxygen atoms in total. The first-order valence-electron chi connectivity index (χ1n) is 5.84. The molecule has 1 unspecified atom stereocenters. The maximum Gasteiger partial charge on any atom is 0.134 e. The largest absolute Gasteiger partial charge is 0.303 e. The van der Waals surface area contributed by atoms with Crippen LogP contribution >= 0.6 is 0 Å². The molecule has 1 saturated heterocycles. The highest BCUT2D eigenvalue weighted by atomic mass is 16.1. The van der Waals surface area contributed by atoms with Crippen molar-refractivity contribution in [3.05, 3.63) is 0 Å². The van der Waals surface area contributed by atoms with E-state index in [0.29, 0.717) is 12.2 Å². The lowest BCUT2D eigenvalue weighted by atomic mass is 9.94. The molecule has 0 radical (unpaired) electrons. The Bertz CT molecular complexity index is 244. The van der Waals surface area contributed by atoms with Gasteiger partial charge in [0.05, 0.1) is 6.07 Å². The zero-order chi connectivity index (χ0) is 11.1. The number of nitrogens with zero attached hydrogens (tertiary/aromatic N) is 2. The van der Waals surface area contributed by atoms with Gasteiger partial charge in [-0.3, -0.25) is 4.79 Å². The molecule has 0 aromatic heterocycles. The number of nitriles is 1. The van der Waals surface area contributed by atoms with Crippen LogP contribution in [0.15, 0.2) is 0 Å². The maximum atomic E-state index is 11.3. The van der Waals surface area contributed by atoms with E-state index >= 15 is 0 Å². The highest BCUT2D eigenvalue weighted by Gasteiger charge is 2.22. The third-order valence-electron chi connectivity index (χ3n) is 3.09. The Morgan fingerprint density at radius 2 is 2.33 bits per heavy atom. The number of likely N-dealkylation sites (tertiary alicyclic amines) is 1. The summed E-state index contributed by atoms with van der Waals surface area (Å²) in [5.41, 5.74) is 0. The van der Waals surface area contributed by atoms with Crippen LogP contribution in [-0.2, 0) is 4.79 Å². The van der Waals surface area contributed by atoms with Gasteiger partial charge in [0.25, 0.3) is 0 Å². The summed E-state index contributed by atoms with van der Waals surface area (Å²) in [5.74, 6) is 0.589. The molecule has 0 aliphatic carbocycles. The van der Waals surface area contributed by atoms with Gasteiger partial charge < -0.3 is 4.90 Å². The normalized spacial score (nSPS) is 22.3. The second-order valence-electron chi connectivity index (χ2n) is 4.37. The lowest BCUT2D eigenvalue weighted by molar-refractivity contribution is -0.122. The van der Waals surface area contributed by atoms with Crippen LogP contribution in [0, 0.1) is 17.2 Å². The van der Waals surface area contributed by atoms with Gasteiger partial charge in [0, 0.05) is 18.9 Å². The molecule has 0 aromatic rings. The minimum atomic E-state index is 0.259. The number of hydrogen-bond donors (Lipinski definition) is 0. The van der Waals surface area contributed by atoms with Crippen LogP contribution in [0.25, 0.3) is 0 Å². The molecule has 15 heavy (non-hydrogen) atoms. The minimum absolute atomic E-state index is 0.259. The maximum absolute atomic E-state index is 11.3. The van der Waals surface area contributed by atoms with E-state index in [4.69, 9.17) is 5.26 Å². The van der Waals surface area contributed by atoms with Crippen molar-refractivity contribution in [2.45, 2.75) is 39.0 Å². The topological polar surface area (TPSA) is 44.1 Å². The molecule has 0 bridgehead atoms. The summed E-state index contributed by atoms with van der Waals surface area (Å²) < 4.78 is 0. The van der Waals surface area contributed by atoms with E-state index in [-0.39, 0.29) is 5.92 Å². The van der Waals surface area contributed by atoms with Gasteiger partial charge in [-0.15, -0.1) is 0 Å². The summed E-state index contributed by atoms with van der Waals surface area (Å²) in [5, 5.41) is 8.41. The molecule has 0 saturated carbocycles. The number of unbranched alkanes of at least 4 members (excludes halogenated alkanes) is 2. The van der Waals surface area contributed by atoms with E-state index in [9.17, 15) is 4.79 Å². The summed E-state index contributed by atoms with van der Waals surface area (Å²) in [4.78, 5) is 13.6. The van der Waals surface area contributed by atoms with Crippen molar-refractivity contribution in [2.75, 3.05) is 19.6 Å². The molecule has 1 fully saturated rings. The number of carbonyl (C=O) groups excluding carboxylic acids is 1. The van der Waals surface area contributed by atoms with Crippen molar-refractivity contribution in [2.24, 2.45) is 5.92 Å². The van der Waals surface area contributed by atoms with Crippen LogP contribution in [-0.4, -0.2) is 30.3 Å². The molecular formula is C12H20N2O. The first-order valence-corrected chi connectivity index (χ1v) is 5.84. The van der Waals surface area contributed by atoms with Gasteiger partial charge in [-0.05, 0) is 45.7 Å². The van der Waals surface area contributed by atoms with Crippen molar-refractivity contribution >= 4 is 5.78 Å². The highest BCUT2D eigenvalue weighted by Crippen LogP contribution is 2.17. The summed E-state index contributed by atoms with van der Waals surface area (Å²) in [6.45, 7) is 4.80. The van der Waals surface area contributed by atoms with Crippen LogP contribution in [0.5, 0.6) is 0 Å². The predicted octanol–water partition coefficient (Wildman–Crippen LogP) is 1.98. The molecule has 84 valence electrons. The quantitative estimate of drug-likeness (QED) is 0.649. The molecule has 0 amide bonds. The molecule has 1 rings (SSSR count). The monoisotopic (exact) mass is 208 g/mol. The number of hydrogen-bond acceptors (Lipinski definition) is 3. The fourth-order valence-corrected chi connectivity index (χ4v) is 2.13. The molecule has 1 aliphatic rings. The van der Waals surface area contributed by atoms with E-state index in [1.165, 1.54) is 0 Å². The Hall–Kier alpha value is -0.880. The van der Waals surface area contributed by atoms with Gasteiger partial charge >= 0.3 is 0 Å². The molecule has 3 heteroatoms. The number of Topliss-reactive ketones (excluding diaryl/α,β-unsaturated/α-hetero) is 1. The number of piperidine rings is 1. The van der Waals surface area contributed by atoms with Gasteiger partial charge in [0.1, 0.15) is 5.78 Å². The molecule has 1 aliphatic heterocycles. The van der Waals surface area contributed by atoms with E-state index in [0.717, 1.165) is 45.3 Å². The van der Waals surface area contributed by atoms with Gasteiger partial charge in [-0.1, -0.05) is 0 Å². The summed E-state index contributed by atoms with van der Waals surface area (Å²) in [7, 11) is 0. The van der Waals surface area contributed by atoms with Gasteiger partial charge in [0.15, 0.2) is 0 Å². The zero-order valence-electron chi connectivity index (χ0n) is 9.54. The summed E-state index contributed by atoms with van der Waals surface area (Å²) >= 11 is 0. The molecular weight excluding hydrogens is 188 g/mol. The average Bonchev–Trinajstić information content (AvgIpc) is 2.25. The first kappa shape index (κ1) is 12.2. The van der Waals surface area contributed by atoms with Gasteiger partial charge in [-0.25, -0.2) is 0 Å². The number of rotatable bonds is 5. The third-order valence-corrected chi connectivity index (χ3v) is 3.09. The Labute approximate surface area is 92.1 Å². The van der Waals surface area contributed by atoms with Crippen LogP contribution in [0.1, 0.15) is 39.0 Å². The zero-order valence-corrected chi connectivity index (χ0v) is 9.54. The van der Waals surface area contributed by atoms with Crippen LogP contribution in [0.3, 0.4) is 0 Å². The fraction of sp³-hybridized carbons (Fsp3) is 0.833. The first-order chi connectivity index (χ1) is 7.24. The van der Waals surface area contributed by atoms with E-state index in [1.54, 1.807) is 6.92 Å².